The Balaban J connectivity index is 3.03. The Morgan fingerprint density at radius 2 is 1.93 bits per heavy atom. The summed E-state index contributed by atoms with van der Waals surface area (Å²) in [4.78, 5) is 0. The Morgan fingerprint density at radius 1 is 1.29 bits per heavy atom. The van der Waals surface area contributed by atoms with Crippen molar-refractivity contribution < 1.29 is 0 Å². The van der Waals surface area contributed by atoms with Gasteiger partial charge >= 0.3 is 0 Å². The second-order valence-electron chi connectivity index (χ2n) is 4.82. The first-order valence-corrected chi connectivity index (χ1v) is 4.95. The van der Waals surface area contributed by atoms with Crippen molar-refractivity contribution >= 4 is 0 Å². The monoisotopic (exact) mass is 187 g/mol. The van der Waals surface area contributed by atoms with Gasteiger partial charge in [-0.3, -0.25) is 0 Å². The number of nitriles is 1. The predicted molar refractivity (Wildman–Crippen MR) is 59.0 cm³/mol. The normalized spacial score (nSPS) is 13.4. The lowest BCUT2D eigenvalue weighted by Crippen LogP contribution is -2.15. The maximum absolute atomic E-state index is 8.80. The molecule has 0 heterocycles. The number of nitrogens with zero attached hydrogens (tertiary/aromatic N) is 1. The summed E-state index contributed by atoms with van der Waals surface area (Å²) in [5.41, 5.74) is 2.24. The van der Waals surface area contributed by atoms with Crippen LogP contribution in [0.1, 0.15) is 44.7 Å². The fourth-order valence-electron chi connectivity index (χ4n) is 1.38. The van der Waals surface area contributed by atoms with Crippen molar-refractivity contribution in [2.24, 2.45) is 5.41 Å². The Bertz CT molecular complexity index is 352. The van der Waals surface area contributed by atoms with Crippen molar-refractivity contribution in [1.29, 1.82) is 5.26 Å². The third-order valence-corrected chi connectivity index (χ3v) is 2.81. The molecule has 0 spiro atoms. The van der Waals surface area contributed by atoms with Gasteiger partial charge in [-0.05, 0) is 29.0 Å². The molecule has 0 bridgehead atoms. The molecule has 1 aromatic rings. The highest BCUT2D eigenvalue weighted by atomic mass is 14.3. The Morgan fingerprint density at radius 3 is 2.43 bits per heavy atom. The van der Waals surface area contributed by atoms with E-state index in [-0.39, 0.29) is 5.41 Å². The van der Waals surface area contributed by atoms with E-state index in [1.54, 1.807) is 0 Å². The molecule has 1 unspecified atom stereocenters. The lowest BCUT2D eigenvalue weighted by molar-refractivity contribution is 0.339. The number of benzene rings is 1. The lowest BCUT2D eigenvalue weighted by Gasteiger charge is -2.27. The molecule has 0 saturated heterocycles. The molecule has 1 aromatic carbocycles. The molecule has 0 aliphatic rings. The van der Waals surface area contributed by atoms with Crippen LogP contribution in [-0.2, 0) is 0 Å². The lowest BCUT2D eigenvalue weighted by atomic mass is 9.77. The third-order valence-electron chi connectivity index (χ3n) is 2.81. The van der Waals surface area contributed by atoms with Gasteiger partial charge in [0.1, 0.15) is 0 Å². The van der Waals surface area contributed by atoms with Gasteiger partial charge in [0.05, 0.1) is 11.6 Å². The molecular formula is C13H17N. The number of hydrogen-bond acceptors (Lipinski definition) is 1. The highest BCUT2D eigenvalue weighted by molar-refractivity contribution is 5.34. The largest absolute Gasteiger partial charge is 0.192 e. The van der Waals surface area contributed by atoms with Crippen LogP contribution < -0.4 is 0 Å². The van der Waals surface area contributed by atoms with E-state index in [0.717, 1.165) is 5.56 Å². The molecule has 74 valence electrons. The Kier molecular flexibility index (Phi) is 2.96. The summed E-state index contributed by atoms with van der Waals surface area (Å²) in [7, 11) is 0. The van der Waals surface area contributed by atoms with Crippen molar-refractivity contribution in [2.75, 3.05) is 0 Å². The summed E-state index contributed by atoms with van der Waals surface area (Å²) in [6.45, 7) is 8.86. The molecule has 0 fully saturated rings. The minimum absolute atomic E-state index is 0.244. The van der Waals surface area contributed by atoms with Crippen LogP contribution in [0.4, 0.5) is 0 Å². The fourth-order valence-corrected chi connectivity index (χ4v) is 1.38. The van der Waals surface area contributed by atoms with Gasteiger partial charge in [-0.2, -0.15) is 5.26 Å². The zero-order valence-corrected chi connectivity index (χ0v) is 9.33. The van der Waals surface area contributed by atoms with Crippen LogP contribution in [0.3, 0.4) is 0 Å². The quantitative estimate of drug-likeness (QED) is 0.657. The zero-order chi connectivity index (χ0) is 10.8. The molecule has 1 heteroatoms. The molecule has 0 N–H and O–H groups in total. The second kappa shape index (κ2) is 3.84. The standard InChI is InChI=1S/C13H17N/c1-10(13(2,3)4)12-7-5-6-11(8-12)9-14/h5-8,10H,1-4H3. The van der Waals surface area contributed by atoms with Crippen molar-refractivity contribution in [1.82, 2.24) is 0 Å². The van der Waals surface area contributed by atoms with E-state index < -0.39 is 0 Å². The fraction of sp³-hybridized carbons (Fsp3) is 0.462. The van der Waals surface area contributed by atoms with E-state index >= 15 is 0 Å². The van der Waals surface area contributed by atoms with Crippen LogP contribution in [0.25, 0.3) is 0 Å². The van der Waals surface area contributed by atoms with Crippen LogP contribution in [-0.4, -0.2) is 0 Å². The zero-order valence-electron chi connectivity index (χ0n) is 9.33. The van der Waals surface area contributed by atoms with E-state index in [4.69, 9.17) is 5.26 Å². The first-order chi connectivity index (χ1) is 6.45. The number of rotatable bonds is 1. The smallest absolute Gasteiger partial charge is 0.0991 e. The van der Waals surface area contributed by atoms with Crippen LogP contribution in [0.5, 0.6) is 0 Å². The summed E-state index contributed by atoms with van der Waals surface area (Å²) in [6.07, 6.45) is 0. The van der Waals surface area contributed by atoms with Crippen molar-refractivity contribution in [3.63, 3.8) is 0 Å². The van der Waals surface area contributed by atoms with Gasteiger partial charge in [0.25, 0.3) is 0 Å². The molecule has 0 radical (unpaired) electrons. The minimum Gasteiger partial charge on any atom is -0.192 e. The van der Waals surface area contributed by atoms with Crippen LogP contribution in [0.2, 0.25) is 0 Å². The molecule has 0 aromatic heterocycles. The first kappa shape index (κ1) is 10.8. The third kappa shape index (κ3) is 2.35. The molecule has 0 aliphatic carbocycles. The molecule has 0 saturated carbocycles. The Labute approximate surface area is 86.4 Å². The summed E-state index contributed by atoms with van der Waals surface area (Å²) >= 11 is 0. The summed E-state index contributed by atoms with van der Waals surface area (Å²) in [5, 5.41) is 8.80. The minimum atomic E-state index is 0.244. The highest BCUT2D eigenvalue weighted by Gasteiger charge is 2.21. The molecule has 1 atom stereocenters. The van der Waals surface area contributed by atoms with Gasteiger partial charge in [-0.1, -0.05) is 39.8 Å². The van der Waals surface area contributed by atoms with Crippen LogP contribution in [0, 0.1) is 16.7 Å². The van der Waals surface area contributed by atoms with Crippen LogP contribution >= 0.6 is 0 Å². The Hall–Kier alpha value is -1.29. The van der Waals surface area contributed by atoms with Gasteiger partial charge in [0.2, 0.25) is 0 Å². The van der Waals surface area contributed by atoms with E-state index in [1.165, 1.54) is 5.56 Å². The SMILES string of the molecule is CC(c1cccc(C#N)c1)C(C)(C)C. The van der Waals surface area contributed by atoms with Gasteiger partial charge < -0.3 is 0 Å². The second-order valence-corrected chi connectivity index (χ2v) is 4.82. The van der Waals surface area contributed by atoms with Crippen molar-refractivity contribution in [2.45, 2.75) is 33.6 Å². The van der Waals surface area contributed by atoms with E-state index in [9.17, 15) is 0 Å². The van der Waals surface area contributed by atoms with Crippen LogP contribution in [0.15, 0.2) is 24.3 Å². The summed E-state index contributed by atoms with van der Waals surface area (Å²) in [6, 6.07) is 10.1. The molecular weight excluding hydrogens is 170 g/mol. The van der Waals surface area contributed by atoms with Crippen molar-refractivity contribution in [3.8, 4) is 6.07 Å². The van der Waals surface area contributed by atoms with E-state index in [1.807, 2.05) is 18.2 Å². The summed E-state index contributed by atoms with van der Waals surface area (Å²) in [5.74, 6) is 0.468. The number of hydrogen-bond donors (Lipinski definition) is 0. The van der Waals surface area contributed by atoms with Crippen molar-refractivity contribution in [3.05, 3.63) is 35.4 Å². The predicted octanol–water partition coefficient (Wildman–Crippen LogP) is 3.71. The topological polar surface area (TPSA) is 23.8 Å². The molecule has 1 nitrogen and oxygen atoms in total. The van der Waals surface area contributed by atoms with Gasteiger partial charge in [0.15, 0.2) is 0 Å². The molecule has 0 aliphatic heterocycles. The van der Waals surface area contributed by atoms with Gasteiger partial charge in [-0.25, -0.2) is 0 Å². The highest BCUT2D eigenvalue weighted by Crippen LogP contribution is 2.34. The average Bonchev–Trinajstić information content (AvgIpc) is 2.15. The maximum Gasteiger partial charge on any atom is 0.0991 e. The van der Waals surface area contributed by atoms with E-state index in [2.05, 4.69) is 39.8 Å². The van der Waals surface area contributed by atoms with E-state index in [0.29, 0.717) is 5.92 Å². The molecule has 14 heavy (non-hydrogen) atoms. The molecule has 1 rings (SSSR count). The maximum atomic E-state index is 8.80. The van der Waals surface area contributed by atoms with Gasteiger partial charge in [-0.15, -0.1) is 0 Å². The molecule has 0 amide bonds. The average molecular weight is 187 g/mol. The van der Waals surface area contributed by atoms with Gasteiger partial charge in [0, 0.05) is 0 Å². The summed E-state index contributed by atoms with van der Waals surface area (Å²) < 4.78 is 0. The first-order valence-electron chi connectivity index (χ1n) is 4.95.